The SMILES string of the molecule is COc1ccc(NC(=O)c2cocn2)cn1. The van der Waals surface area contributed by atoms with E-state index in [1.54, 1.807) is 12.1 Å². The second-order valence-corrected chi connectivity index (χ2v) is 2.92. The Morgan fingerprint density at radius 1 is 1.44 bits per heavy atom. The summed E-state index contributed by atoms with van der Waals surface area (Å²) >= 11 is 0. The Bertz CT molecular complexity index is 465. The molecule has 1 N–H and O–H groups in total. The largest absolute Gasteiger partial charge is 0.481 e. The zero-order chi connectivity index (χ0) is 11.4. The molecule has 2 aromatic rings. The first-order chi connectivity index (χ1) is 7.79. The molecule has 0 saturated heterocycles. The molecule has 0 saturated carbocycles. The number of nitrogens with one attached hydrogen (secondary N) is 1. The van der Waals surface area contributed by atoms with Crippen molar-refractivity contribution in [2.75, 3.05) is 12.4 Å². The third kappa shape index (κ3) is 2.17. The maximum Gasteiger partial charge on any atom is 0.277 e. The standard InChI is InChI=1S/C10H9N3O3/c1-15-9-3-2-7(4-11-9)13-10(14)8-5-16-6-12-8/h2-6H,1H3,(H,13,14). The minimum absolute atomic E-state index is 0.218. The Hall–Kier alpha value is -2.37. The summed E-state index contributed by atoms with van der Waals surface area (Å²) in [7, 11) is 1.52. The molecular formula is C10H9N3O3. The van der Waals surface area contributed by atoms with E-state index in [4.69, 9.17) is 9.15 Å². The van der Waals surface area contributed by atoms with Gasteiger partial charge in [0.25, 0.3) is 5.91 Å². The van der Waals surface area contributed by atoms with Crippen molar-refractivity contribution in [3.8, 4) is 5.88 Å². The molecular weight excluding hydrogens is 210 g/mol. The highest BCUT2D eigenvalue weighted by atomic mass is 16.5. The second-order valence-electron chi connectivity index (χ2n) is 2.92. The summed E-state index contributed by atoms with van der Waals surface area (Å²) in [6, 6.07) is 3.34. The lowest BCUT2D eigenvalue weighted by Crippen LogP contribution is -2.12. The number of hydrogen-bond acceptors (Lipinski definition) is 5. The highest BCUT2D eigenvalue weighted by molar-refractivity contribution is 6.02. The number of carbonyl (C=O) groups excluding carboxylic acids is 1. The molecule has 0 fully saturated rings. The number of ether oxygens (including phenoxy) is 1. The fourth-order valence-corrected chi connectivity index (χ4v) is 1.09. The Labute approximate surface area is 91.3 Å². The van der Waals surface area contributed by atoms with Gasteiger partial charge in [0, 0.05) is 6.07 Å². The van der Waals surface area contributed by atoms with Crippen molar-refractivity contribution >= 4 is 11.6 Å². The van der Waals surface area contributed by atoms with Crippen LogP contribution >= 0.6 is 0 Å². The zero-order valence-corrected chi connectivity index (χ0v) is 8.51. The van der Waals surface area contributed by atoms with Gasteiger partial charge in [0.05, 0.1) is 19.0 Å². The lowest BCUT2D eigenvalue weighted by atomic mass is 10.4. The fourth-order valence-electron chi connectivity index (χ4n) is 1.09. The van der Waals surface area contributed by atoms with Gasteiger partial charge >= 0.3 is 0 Å². The van der Waals surface area contributed by atoms with Crippen molar-refractivity contribution < 1.29 is 13.9 Å². The number of oxazole rings is 1. The van der Waals surface area contributed by atoms with E-state index in [9.17, 15) is 4.79 Å². The van der Waals surface area contributed by atoms with E-state index < -0.39 is 0 Å². The van der Waals surface area contributed by atoms with Crippen LogP contribution in [-0.2, 0) is 0 Å². The summed E-state index contributed by atoms with van der Waals surface area (Å²) in [5, 5.41) is 2.62. The minimum atomic E-state index is -0.347. The number of amides is 1. The van der Waals surface area contributed by atoms with Crippen LogP contribution in [0.1, 0.15) is 10.5 Å². The number of carbonyl (C=O) groups is 1. The van der Waals surface area contributed by atoms with E-state index in [-0.39, 0.29) is 11.6 Å². The van der Waals surface area contributed by atoms with Gasteiger partial charge in [-0.1, -0.05) is 0 Å². The molecule has 0 spiro atoms. The minimum Gasteiger partial charge on any atom is -0.481 e. The molecule has 0 aliphatic carbocycles. The van der Waals surface area contributed by atoms with Gasteiger partial charge in [-0.3, -0.25) is 4.79 Å². The Kier molecular flexibility index (Phi) is 2.81. The molecule has 0 aromatic carbocycles. The van der Waals surface area contributed by atoms with Crippen LogP contribution in [0.25, 0.3) is 0 Å². The molecule has 1 amide bonds. The smallest absolute Gasteiger partial charge is 0.277 e. The lowest BCUT2D eigenvalue weighted by molar-refractivity contribution is 0.102. The summed E-state index contributed by atoms with van der Waals surface area (Å²) in [5.74, 6) is 0.139. The van der Waals surface area contributed by atoms with Crippen LogP contribution in [0.15, 0.2) is 35.4 Å². The summed E-state index contributed by atoms with van der Waals surface area (Å²) in [4.78, 5) is 19.2. The topological polar surface area (TPSA) is 77.2 Å². The molecule has 2 aromatic heterocycles. The number of anilines is 1. The van der Waals surface area contributed by atoms with E-state index >= 15 is 0 Å². The first-order valence-electron chi connectivity index (χ1n) is 4.49. The number of methoxy groups -OCH3 is 1. The van der Waals surface area contributed by atoms with E-state index in [0.717, 1.165) is 0 Å². The maximum absolute atomic E-state index is 11.5. The first-order valence-corrected chi connectivity index (χ1v) is 4.49. The van der Waals surface area contributed by atoms with Crippen LogP contribution in [0.5, 0.6) is 5.88 Å². The van der Waals surface area contributed by atoms with E-state index in [1.165, 1.54) is 26.0 Å². The predicted molar refractivity (Wildman–Crippen MR) is 55.2 cm³/mol. The van der Waals surface area contributed by atoms with Gasteiger partial charge < -0.3 is 14.5 Å². The zero-order valence-electron chi connectivity index (χ0n) is 8.51. The molecule has 6 heteroatoms. The first kappa shape index (κ1) is 10.2. The van der Waals surface area contributed by atoms with E-state index in [2.05, 4.69) is 15.3 Å². The number of pyridine rings is 1. The molecule has 0 aliphatic rings. The second kappa shape index (κ2) is 4.43. The van der Waals surface area contributed by atoms with Crippen molar-refractivity contribution in [3.63, 3.8) is 0 Å². The van der Waals surface area contributed by atoms with Gasteiger partial charge in [-0.25, -0.2) is 9.97 Å². The molecule has 0 unspecified atom stereocenters. The van der Waals surface area contributed by atoms with Gasteiger partial charge in [-0.2, -0.15) is 0 Å². The van der Waals surface area contributed by atoms with Gasteiger partial charge in [-0.05, 0) is 6.07 Å². The molecule has 6 nitrogen and oxygen atoms in total. The van der Waals surface area contributed by atoms with Crippen LogP contribution in [0.2, 0.25) is 0 Å². The van der Waals surface area contributed by atoms with Crippen molar-refractivity contribution in [1.82, 2.24) is 9.97 Å². The van der Waals surface area contributed by atoms with Crippen molar-refractivity contribution in [2.24, 2.45) is 0 Å². The summed E-state index contributed by atoms with van der Waals surface area (Å²) in [6.07, 6.45) is 3.96. The molecule has 2 rings (SSSR count). The fraction of sp³-hybridized carbons (Fsp3) is 0.100. The lowest BCUT2D eigenvalue weighted by Gasteiger charge is -2.03. The quantitative estimate of drug-likeness (QED) is 0.842. The normalized spacial score (nSPS) is 9.81. The third-order valence-corrected chi connectivity index (χ3v) is 1.87. The molecule has 0 aliphatic heterocycles. The van der Waals surface area contributed by atoms with Gasteiger partial charge in [-0.15, -0.1) is 0 Å². The number of nitrogens with zero attached hydrogens (tertiary/aromatic N) is 2. The predicted octanol–water partition coefficient (Wildman–Crippen LogP) is 1.33. The van der Waals surface area contributed by atoms with Crippen molar-refractivity contribution in [2.45, 2.75) is 0 Å². The molecule has 16 heavy (non-hydrogen) atoms. The van der Waals surface area contributed by atoms with Crippen LogP contribution in [0, 0.1) is 0 Å². The summed E-state index contributed by atoms with van der Waals surface area (Å²) in [6.45, 7) is 0. The van der Waals surface area contributed by atoms with Gasteiger partial charge in [0.2, 0.25) is 5.88 Å². The van der Waals surface area contributed by atoms with Crippen LogP contribution in [-0.4, -0.2) is 23.0 Å². The van der Waals surface area contributed by atoms with Crippen LogP contribution < -0.4 is 10.1 Å². The monoisotopic (exact) mass is 219 g/mol. The molecule has 2 heterocycles. The summed E-state index contributed by atoms with van der Waals surface area (Å²) < 4.78 is 9.60. The van der Waals surface area contributed by atoms with Gasteiger partial charge in [0.15, 0.2) is 12.1 Å². The number of rotatable bonds is 3. The third-order valence-electron chi connectivity index (χ3n) is 1.87. The molecule has 0 atom stereocenters. The van der Waals surface area contributed by atoms with E-state index in [0.29, 0.717) is 11.6 Å². The number of aromatic nitrogens is 2. The van der Waals surface area contributed by atoms with Crippen molar-refractivity contribution in [3.05, 3.63) is 36.7 Å². The average Bonchev–Trinajstić information content (AvgIpc) is 2.83. The molecule has 82 valence electrons. The highest BCUT2D eigenvalue weighted by Gasteiger charge is 2.08. The maximum atomic E-state index is 11.5. The van der Waals surface area contributed by atoms with Crippen molar-refractivity contribution in [1.29, 1.82) is 0 Å². The van der Waals surface area contributed by atoms with Crippen LogP contribution in [0.4, 0.5) is 5.69 Å². The van der Waals surface area contributed by atoms with Crippen LogP contribution in [0.3, 0.4) is 0 Å². The average molecular weight is 219 g/mol. The Morgan fingerprint density at radius 2 is 2.31 bits per heavy atom. The van der Waals surface area contributed by atoms with E-state index in [1.807, 2.05) is 0 Å². The Morgan fingerprint density at radius 3 is 2.88 bits per heavy atom. The molecule has 0 bridgehead atoms. The van der Waals surface area contributed by atoms with Gasteiger partial charge in [0.1, 0.15) is 6.26 Å². The highest BCUT2D eigenvalue weighted by Crippen LogP contribution is 2.11. The Balaban J connectivity index is 2.06. The summed E-state index contributed by atoms with van der Waals surface area (Å²) in [5.41, 5.74) is 0.782. The molecule has 0 radical (unpaired) electrons. The number of hydrogen-bond donors (Lipinski definition) is 1.